The van der Waals surface area contributed by atoms with Crippen molar-refractivity contribution >= 4 is 5.97 Å². The molecule has 1 N–H and O–H groups in total. The molecule has 0 aliphatic heterocycles. The fourth-order valence-electron chi connectivity index (χ4n) is 4.09. The molecule has 0 aromatic heterocycles. The molecule has 2 nitrogen and oxygen atoms in total. The van der Waals surface area contributed by atoms with Gasteiger partial charge in [0.15, 0.2) is 17.5 Å². The van der Waals surface area contributed by atoms with Gasteiger partial charge in [-0.25, -0.2) is 26.7 Å². The summed E-state index contributed by atoms with van der Waals surface area (Å²) >= 11 is 0. The molecule has 0 unspecified atom stereocenters. The van der Waals surface area contributed by atoms with Gasteiger partial charge in [-0.3, -0.25) is 0 Å². The van der Waals surface area contributed by atoms with E-state index >= 15 is 4.39 Å². The Labute approximate surface area is 164 Å². The fourth-order valence-corrected chi connectivity index (χ4v) is 4.09. The quantitative estimate of drug-likeness (QED) is 0.343. The normalized spacial score (nSPS) is 19.2. The second-order valence-corrected chi connectivity index (χ2v) is 7.31. The van der Waals surface area contributed by atoms with Crippen molar-refractivity contribution < 1.29 is 31.9 Å². The van der Waals surface area contributed by atoms with Crippen LogP contribution in [0.4, 0.5) is 22.0 Å². The maximum Gasteiger partial charge on any atom is 0.341 e. The van der Waals surface area contributed by atoms with E-state index in [1.807, 2.05) is 6.08 Å². The number of benzene rings is 2. The molecule has 0 saturated heterocycles. The lowest BCUT2D eigenvalue weighted by atomic mass is 9.75. The first-order valence-corrected chi connectivity index (χ1v) is 9.25. The first-order valence-electron chi connectivity index (χ1n) is 9.25. The summed E-state index contributed by atoms with van der Waals surface area (Å²) < 4.78 is 70.4. The highest BCUT2D eigenvalue weighted by molar-refractivity contribution is 5.91. The monoisotopic (exact) mass is 410 g/mol. The van der Waals surface area contributed by atoms with E-state index in [1.54, 1.807) is 0 Å². The highest BCUT2D eigenvalue weighted by Gasteiger charge is 2.30. The van der Waals surface area contributed by atoms with Crippen LogP contribution in [-0.4, -0.2) is 11.1 Å². The van der Waals surface area contributed by atoms with E-state index in [9.17, 15) is 22.4 Å². The fraction of sp³-hybridized carbons (Fsp3) is 0.318. The number of carbonyl (C=O) groups is 1. The SMILES string of the molecule is C=CC[C@H]1CC[C@H](c2cc(F)c(C(=O)O)c(F)c2-c2cc(F)c(F)c(F)c2)CC1. The lowest BCUT2D eigenvalue weighted by Gasteiger charge is -2.30. The molecule has 3 rings (SSSR count). The molecule has 154 valence electrons. The lowest BCUT2D eigenvalue weighted by molar-refractivity contribution is 0.0686. The number of halogens is 5. The van der Waals surface area contributed by atoms with Gasteiger partial charge in [-0.2, -0.15) is 0 Å². The van der Waals surface area contributed by atoms with Crippen LogP contribution in [0.5, 0.6) is 0 Å². The topological polar surface area (TPSA) is 37.3 Å². The second kappa shape index (κ2) is 8.35. The first kappa shape index (κ1) is 21.0. The van der Waals surface area contributed by atoms with Crippen LogP contribution in [0.3, 0.4) is 0 Å². The minimum Gasteiger partial charge on any atom is -0.477 e. The van der Waals surface area contributed by atoms with Gasteiger partial charge in [-0.15, -0.1) is 6.58 Å². The molecular weight excluding hydrogens is 391 g/mol. The van der Waals surface area contributed by atoms with Gasteiger partial charge in [0.2, 0.25) is 0 Å². The number of hydrogen-bond donors (Lipinski definition) is 1. The van der Waals surface area contributed by atoms with E-state index in [2.05, 4.69) is 6.58 Å². The van der Waals surface area contributed by atoms with Crippen LogP contribution in [-0.2, 0) is 0 Å². The van der Waals surface area contributed by atoms with E-state index in [0.29, 0.717) is 30.9 Å². The smallest absolute Gasteiger partial charge is 0.341 e. The number of allylic oxidation sites excluding steroid dienone is 1. The van der Waals surface area contributed by atoms with Crippen molar-refractivity contribution in [1.29, 1.82) is 0 Å². The van der Waals surface area contributed by atoms with Crippen molar-refractivity contribution in [3.8, 4) is 11.1 Å². The summed E-state index contributed by atoms with van der Waals surface area (Å²) in [6, 6.07) is 2.10. The third-order valence-electron chi connectivity index (χ3n) is 5.52. The first-order chi connectivity index (χ1) is 13.7. The number of carboxylic acids is 1. The van der Waals surface area contributed by atoms with Gasteiger partial charge >= 0.3 is 5.97 Å². The number of rotatable bonds is 5. The Kier molecular flexibility index (Phi) is 6.05. The molecule has 1 aliphatic rings. The Bertz CT molecular complexity index is 939. The Morgan fingerprint density at radius 1 is 0.966 bits per heavy atom. The van der Waals surface area contributed by atoms with Crippen molar-refractivity contribution in [1.82, 2.24) is 0 Å². The van der Waals surface area contributed by atoms with Crippen LogP contribution in [0.15, 0.2) is 30.9 Å². The third-order valence-corrected chi connectivity index (χ3v) is 5.52. The molecule has 0 amide bonds. The maximum absolute atomic E-state index is 15.1. The lowest BCUT2D eigenvalue weighted by Crippen LogP contribution is -2.16. The van der Waals surface area contributed by atoms with Gasteiger partial charge in [0.05, 0.1) is 0 Å². The Hall–Kier alpha value is -2.70. The molecule has 1 saturated carbocycles. The molecule has 2 aromatic carbocycles. The van der Waals surface area contributed by atoms with E-state index in [1.165, 1.54) is 0 Å². The average Bonchev–Trinajstić information content (AvgIpc) is 2.66. The van der Waals surface area contributed by atoms with Gasteiger partial charge < -0.3 is 5.11 Å². The van der Waals surface area contributed by atoms with Crippen LogP contribution in [0, 0.1) is 35.0 Å². The molecule has 0 spiro atoms. The van der Waals surface area contributed by atoms with Crippen LogP contribution < -0.4 is 0 Å². The highest BCUT2D eigenvalue weighted by Crippen LogP contribution is 2.43. The molecule has 0 atom stereocenters. The maximum atomic E-state index is 15.1. The molecule has 1 aliphatic carbocycles. The summed E-state index contributed by atoms with van der Waals surface area (Å²) in [4.78, 5) is 11.3. The van der Waals surface area contributed by atoms with E-state index in [-0.39, 0.29) is 17.0 Å². The summed E-state index contributed by atoms with van der Waals surface area (Å²) in [5.74, 6) is -9.26. The second-order valence-electron chi connectivity index (χ2n) is 7.31. The largest absolute Gasteiger partial charge is 0.477 e. The van der Waals surface area contributed by atoms with Gasteiger partial charge in [0.1, 0.15) is 17.2 Å². The Balaban J connectivity index is 2.16. The molecule has 1 fully saturated rings. The molecule has 2 aromatic rings. The summed E-state index contributed by atoms with van der Waals surface area (Å²) in [7, 11) is 0. The van der Waals surface area contributed by atoms with Crippen molar-refractivity contribution in [2.24, 2.45) is 5.92 Å². The van der Waals surface area contributed by atoms with Crippen molar-refractivity contribution in [3.63, 3.8) is 0 Å². The Morgan fingerprint density at radius 2 is 1.55 bits per heavy atom. The summed E-state index contributed by atoms with van der Waals surface area (Å²) in [5.41, 5.74) is -1.86. The van der Waals surface area contributed by atoms with E-state index in [0.717, 1.165) is 25.3 Å². The zero-order chi connectivity index (χ0) is 21.3. The zero-order valence-electron chi connectivity index (χ0n) is 15.5. The van der Waals surface area contributed by atoms with Gasteiger partial charge in [-0.1, -0.05) is 6.08 Å². The van der Waals surface area contributed by atoms with Gasteiger partial charge in [0.25, 0.3) is 0 Å². The average molecular weight is 410 g/mol. The molecule has 7 heteroatoms. The summed E-state index contributed by atoms with van der Waals surface area (Å²) in [6.45, 7) is 3.70. The summed E-state index contributed by atoms with van der Waals surface area (Å²) in [6.07, 6.45) is 5.31. The Morgan fingerprint density at radius 3 is 2.07 bits per heavy atom. The molecule has 0 radical (unpaired) electrons. The van der Waals surface area contributed by atoms with Crippen molar-refractivity contribution in [2.75, 3.05) is 0 Å². The van der Waals surface area contributed by atoms with Crippen LogP contribution >= 0.6 is 0 Å². The van der Waals surface area contributed by atoms with Crippen molar-refractivity contribution in [2.45, 2.75) is 38.0 Å². The standard InChI is InChI=1S/C22H19F5O2/c1-2-3-11-4-6-12(7-5-11)14-10-15(23)19(22(28)29)21(27)18(14)13-8-16(24)20(26)17(25)9-13/h2,8-12H,1,3-7H2,(H,28,29)/t11-,12-. The summed E-state index contributed by atoms with van der Waals surface area (Å²) in [5, 5.41) is 9.17. The van der Waals surface area contributed by atoms with Crippen LogP contribution in [0.1, 0.15) is 53.9 Å². The number of carboxylic acid groups (broad SMARTS) is 1. The predicted octanol–water partition coefficient (Wildman–Crippen LogP) is 6.60. The van der Waals surface area contributed by atoms with Gasteiger partial charge in [-0.05, 0) is 73.3 Å². The minimum atomic E-state index is -1.84. The van der Waals surface area contributed by atoms with Crippen LogP contribution in [0.2, 0.25) is 0 Å². The molecule has 0 heterocycles. The third kappa shape index (κ3) is 4.04. The number of hydrogen-bond acceptors (Lipinski definition) is 1. The van der Waals surface area contributed by atoms with Crippen molar-refractivity contribution in [3.05, 3.63) is 71.1 Å². The highest BCUT2D eigenvalue weighted by atomic mass is 19.2. The van der Waals surface area contributed by atoms with E-state index in [4.69, 9.17) is 5.11 Å². The number of aromatic carboxylic acids is 1. The molecular formula is C22H19F5O2. The molecule has 29 heavy (non-hydrogen) atoms. The van der Waals surface area contributed by atoms with Gasteiger partial charge in [0, 0.05) is 5.56 Å². The zero-order valence-corrected chi connectivity index (χ0v) is 15.5. The molecule has 0 bridgehead atoms. The van der Waals surface area contributed by atoms with E-state index < -0.39 is 46.2 Å². The van der Waals surface area contributed by atoms with Crippen LogP contribution in [0.25, 0.3) is 11.1 Å². The minimum absolute atomic E-state index is 0.132. The predicted molar refractivity (Wildman–Crippen MR) is 98.1 cm³/mol.